The molecule has 2 aromatic heterocycles. The molecular formula is C13H18ClN3O. The van der Waals surface area contributed by atoms with E-state index in [1.165, 1.54) is 0 Å². The van der Waals surface area contributed by atoms with Crippen LogP contribution in [0.1, 0.15) is 29.7 Å². The number of nitrogens with one attached hydrogen (secondary N) is 1. The summed E-state index contributed by atoms with van der Waals surface area (Å²) in [7, 11) is 0. The van der Waals surface area contributed by atoms with Gasteiger partial charge >= 0.3 is 0 Å². The predicted octanol–water partition coefficient (Wildman–Crippen LogP) is 2.90. The van der Waals surface area contributed by atoms with Crippen molar-refractivity contribution in [2.24, 2.45) is 0 Å². The molecule has 0 fully saturated rings. The zero-order valence-corrected chi connectivity index (χ0v) is 11.7. The van der Waals surface area contributed by atoms with Crippen LogP contribution in [0.15, 0.2) is 16.7 Å². The van der Waals surface area contributed by atoms with Crippen LogP contribution in [0.2, 0.25) is 5.02 Å². The number of aryl methyl sites for hydroxylation is 2. The van der Waals surface area contributed by atoms with Gasteiger partial charge in [-0.2, -0.15) is 5.10 Å². The average molecular weight is 268 g/mol. The third kappa shape index (κ3) is 2.94. The lowest BCUT2D eigenvalue weighted by atomic mass is 10.2. The standard InChI is InChI=1S/C13H18ClN3O/c1-4-15-6-12-5-11(10(3)18-12)7-17-8-13(14)9(2)16-17/h5,8,15H,4,6-7H2,1-3H3. The quantitative estimate of drug-likeness (QED) is 0.906. The Balaban J connectivity index is 2.11. The van der Waals surface area contributed by atoms with E-state index in [1.54, 1.807) is 0 Å². The maximum absolute atomic E-state index is 5.99. The first-order valence-electron chi connectivity index (χ1n) is 6.08. The van der Waals surface area contributed by atoms with Crippen molar-refractivity contribution in [1.29, 1.82) is 0 Å². The average Bonchev–Trinajstić information content (AvgIpc) is 2.81. The molecule has 0 aliphatic heterocycles. The molecule has 2 rings (SSSR count). The van der Waals surface area contributed by atoms with E-state index in [-0.39, 0.29) is 0 Å². The normalized spacial score (nSPS) is 11.1. The minimum atomic E-state index is 0.690. The van der Waals surface area contributed by atoms with Crippen LogP contribution in [0.3, 0.4) is 0 Å². The van der Waals surface area contributed by atoms with Gasteiger partial charge in [-0.15, -0.1) is 0 Å². The maximum Gasteiger partial charge on any atom is 0.118 e. The zero-order valence-electron chi connectivity index (χ0n) is 11.0. The number of hydrogen-bond acceptors (Lipinski definition) is 3. The molecule has 98 valence electrons. The Morgan fingerprint density at radius 1 is 1.44 bits per heavy atom. The molecule has 5 heteroatoms. The van der Waals surface area contributed by atoms with Crippen molar-refractivity contribution in [3.05, 3.63) is 40.1 Å². The molecule has 18 heavy (non-hydrogen) atoms. The number of rotatable bonds is 5. The Hall–Kier alpha value is -1.26. The minimum Gasteiger partial charge on any atom is -0.465 e. The molecule has 0 amide bonds. The van der Waals surface area contributed by atoms with Crippen molar-refractivity contribution < 1.29 is 4.42 Å². The molecular weight excluding hydrogens is 250 g/mol. The molecule has 4 nitrogen and oxygen atoms in total. The van der Waals surface area contributed by atoms with Crippen molar-refractivity contribution in [3.8, 4) is 0 Å². The summed E-state index contributed by atoms with van der Waals surface area (Å²) in [6, 6.07) is 2.07. The predicted molar refractivity (Wildman–Crippen MR) is 71.9 cm³/mol. The second kappa shape index (κ2) is 5.59. The van der Waals surface area contributed by atoms with Crippen LogP contribution in [0.25, 0.3) is 0 Å². The Labute approximate surface area is 112 Å². The number of aromatic nitrogens is 2. The molecule has 0 atom stereocenters. The third-order valence-electron chi connectivity index (χ3n) is 2.84. The number of nitrogens with zero attached hydrogens (tertiary/aromatic N) is 2. The topological polar surface area (TPSA) is 43.0 Å². The third-order valence-corrected chi connectivity index (χ3v) is 3.21. The molecule has 0 unspecified atom stereocenters. The summed E-state index contributed by atoms with van der Waals surface area (Å²) in [4.78, 5) is 0. The van der Waals surface area contributed by atoms with E-state index < -0.39 is 0 Å². The molecule has 2 aromatic rings. The summed E-state index contributed by atoms with van der Waals surface area (Å²) in [5, 5.41) is 8.29. The second-order valence-electron chi connectivity index (χ2n) is 4.33. The lowest BCUT2D eigenvalue weighted by molar-refractivity contribution is 0.462. The van der Waals surface area contributed by atoms with E-state index in [0.29, 0.717) is 11.6 Å². The van der Waals surface area contributed by atoms with Crippen molar-refractivity contribution in [3.63, 3.8) is 0 Å². The van der Waals surface area contributed by atoms with Crippen LogP contribution in [-0.4, -0.2) is 16.3 Å². The summed E-state index contributed by atoms with van der Waals surface area (Å²) < 4.78 is 7.53. The monoisotopic (exact) mass is 267 g/mol. The van der Waals surface area contributed by atoms with Gasteiger partial charge in [-0.3, -0.25) is 4.68 Å². The van der Waals surface area contributed by atoms with Gasteiger partial charge in [-0.05, 0) is 26.5 Å². The van der Waals surface area contributed by atoms with Gasteiger partial charge < -0.3 is 9.73 Å². The Morgan fingerprint density at radius 3 is 2.83 bits per heavy atom. The fourth-order valence-corrected chi connectivity index (χ4v) is 1.98. The van der Waals surface area contributed by atoms with Crippen LogP contribution in [0.4, 0.5) is 0 Å². The molecule has 1 N–H and O–H groups in total. The van der Waals surface area contributed by atoms with Crippen LogP contribution in [0.5, 0.6) is 0 Å². The van der Waals surface area contributed by atoms with Crippen LogP contribution in [-0.2, 0) is 13.1 Å². The van der Waals surface area contributed by atoms with E-state index in [4.69, 9.17) is 16.0 Å². The van der Waals surface area contributed by atoms with Gasteiger partial charge in [0.05, 0.1) is 23.8 Å². The molecule has 0 saturated heterocycles. The first kappa shape index (κ1) is 13.2. The molecule has 0 saturated carbocycles. The zero-order chi connectivity index (χ0) is 13.1. The first-order chi connectivity index (χ1) is 8.60. The van der Waals surface area contributed by atoms with E-state index in [1.807, 2.05) is 24.7 Å². The van der Waals surface area contributed by atoms with Crippen LogP contribution < -0.4 is 5.32 Å². The highest BCUT2D eigenvalue weighted by molar-refractivity contribution is 6.31. The van der Waals surface area contributed by atoms with Crippen molar-refractivity contribution >= 4 is 11.6 Å². The van der Waals surface area contributed by atoms with Gasteiger partial charge in [0.15, 0.2) is 0 Å². The molecule has 0 aliphatic rings. The first-order valence-corrected chi connectivity index (χ1v) is 6.46. The summed E-state index contributed by atoms with van der Waals surface area (Å²) in [6.45, 7) is 8.33. The number of halogens is 1. The molecule has 0 aliphatic carbocycles. The van der Waals surface area contributed by atoms with E-state index in [9.17, 15) is 0 Å². The number of furan rings is 1. The van der Waals surface area contributed by atoms with Gasteiger partial charge in [0.1, 0.15) is 11.5 Å². The van der Waals surface area contributed by atoms with Gasteiger partial charge in [-0.25, -0.2) is 0 Å². The maximum atomic E-state index is 5.99. The Morgan fingerprint density at radius 2 is 2.22 bits per heavy atom. The second-order valence-corrected chi connectivity index (χ2v) is 4.74. The summed E-state index contributed by atoms with van der Waals surface area (Å²) >= 11 is 5.99. The van der Waals surface area contributed by atoms with E-state index in [2.05, 4.69) is 23.4 Å². The lowest BCUT2D eigenvalue weighted by Gasteiger charge is -1.98. The number of hydrogen-bond donors (Lipinski definition) is 1. The fourth-order valence-electron chi connectivity index (χ4n) is 1.83. The molecule has 0 spiro atoms. The van der Waals surface area contributed by atoms with E-state index in [0.717, 1.165) is 35.9 Å². The van der Waals surface area contributed by atoms with Crippen LogP contribution >= 0.6 is 11.6 Å². The highest BCUT2D eigenvalue weighted by atomic mass is 35.5. The minimum absolute atomic E-state index is 0.690. The summed E-state index contributed by atoms with van der Waals surface area (Å²) in [6.07, 6.45) is 1.84. The highest BCUT2D eigenvalue weighted by Gasteiger charge is 2.09. The van der Waals surface area contributed by atoms with Gasteiger partial charge in [-0.1, -0.05) is 18.5 Å². The SMILES string of the molecule is CCNCc1cc(Cn2cc(Cl)c(C)n2)c(C)o1. The summed E-state index contributed by atoms with van der Waals surface area (Å²) in [5.74, 6) is 1.89. The molecule has 2 heterocycles. The lowest BCUT2D eigenvalue weighted by Crippen LogP contribution is -2.10. The fraction of sp³-hybridized carbons (Fsp3) is 0.462. The van der Waals surface area contributed by atoms with Crippen molar-refractivity contribution in [2.75, 3.05) is 6.54 Å². The molecule has 0 bridgehead atoms. The Kier molecular flexibility index (Phi) is 4.09. The highest BCUT2D eigenvalue weighted by Crippen LogP contribution is 2.18. The Bertz CT molecular complexity index is 511. The van der Waals surface area contributed by atoms with Gasteiger partial charge in [0.2, 0.25) is 0 Å². The largest absolute Gasteiger partial charge is 0.465 e. The van der Waals surface area contributed by atoms with Crippen molar-refractivity contribution in [2.45, 2.75) is 33.9 Å². The van der Waals surface area contributed by atoms with E-state index >= 15 is 0 Å². The van der Waals surface area contributed by atoms with Crippen LogP contribution in [0, 0.1) is 13.8 Å². The van der Waals surface area contributed by atoms with Gasteiger partial charge in [0.25, 0.3) is 0 Å². The molecule has 0 radical (unpaired) electrons. The summed E-state index contributed by atoms with van der Waals surface area (Å²) in [5.41, 5.74) is 1.99. The van der Waals surface area contributed by atoms with Crippen molar-refractivity contribution in [1.82, 2.24) is 15.1 Å². The molecule has 0 aromatic carbocycles. The van der Waals surface area contributed by atoms with Gasteiger partial charge in [0, 0.05) is 11.8 Å². The smallest absolute Gasteiger partial charge is 0.118 e.